The number of hydrogen-bond acceptors (Lipinski definition) is 4. The smallest absolute Gasteiger partial charge is 0.331 e. The Morgan fingerprint density at radius 2 is 1.80 bits per heavy atom. The van der Waals surface area contributed by atoms with Gasteiger partial charge < -0.3 is 4.90 Å². The standard InChI is InChI=1S/C18H26N4O3/c1-19-15(7-16(23)20(2)18(19)25)17(24)22-10-13-5-6-14(11-22)21(9-13)8-12-3-4-12/h7,12-14H,3-6,8-11H2,1-2H3/t13-,14-/m1/s1. The summed E-state index contributed by atoms with van der Waals surface area (Å²) in [7, 11) is 2.99. The van der Waals surface area contributed by atoms with Crippen LogP contribution in [0.5, 0.6) is 0 Å². The molecule has 5 rings (SSSR count). The van der Waals surface area contributed by atoms with Gasteiger partial charge in [-0.25, -0.2) is 4.79 Å². The van der Waals surface area contributed by atoms with Gasteiger partial charge in [-0.15, -0.1) is 0 Å². The number of hydrogen-bond donors (Lipinski definition) is 0. The number of fused-ring (bicyclic) bond motifs is 4. The molecule has 1 aromatic rings. The molecular weight excluding hydrogens is 320 g/mol. The molecule has 1 amide bonds. The van der Waals surface area contributed by atoms with Gasteiger partial charge in [-0.3, -0.25) is 23.6 Å². The highest BCUT2D eigenvalue weighted by atomic mass is 16.2. The summed E-state index contributed by atoms with van der Waals surface area (Å²) in [5.74, 6) is 1.15. The predicted molar refractivity (Wildman–Crippen MR) is 93.6 cm³/mol. The lowest BCUT2D eigenvalue weighted by atomic mass is 9.95. The molecule has 1 aliphatic carbocycles. The minimum Gasteiger partial charge on any atom is -0.335 e. The van der Waals surface area contributed by atoms with Gasteiger partial charge in [0.05, 0.1) is 0 Å². The first kappa shape index (κ1) is 16.6. The molecule has 0 radical (unpaired) electrons. The van der Waals surface area contributed by atoms with Crippen molar-refractivity contribution < 1.29 is 4.79 Å². The Balaban J connectivity index is 1.59. The fraction of sp³-hybridized carbons (Fsp3) is 0.722. The Kier molecular flexibility index (Phi) is 4.06. The second kappa shape index (κ2) is 6.12. The monoisotopic (exact) mass is 346 g/mol. The van der Waals surface area contributed by atoms with Gasteiger partial charge in [-0.05, 0) is 37.5 Å². The lowest BCUT2D eigenvalue weighted by Crippen LogP contribution is -2.46. The molecule has 7 heteroatoms. The molecule has 0 spiro atoms. The number of nitrogens with zero attached hydrogens (tertiary/aromatic N) is 4. The highest BCUT2D eigenvalue weighted by molar-refractivity contribution is 5.92. The van der Waals surface area contributed by atoms with Crippen LogP contribution in [0.1, 0.15) is 36.2 Å². The molecule has 3 saturated heterocycles. The largest absolute Gasteiger partial charge is 0.335 e. The molecule has 2 bridgehead atoms. The van der Waals surface area contributed by atoms with Crippen molar-refractivity contribution in [2.24, 2.45) is 25.9 Å². The van der Waals surface area contributed by atoms with Crippen molar-refractivity contribution in [1.29, 1.82) is 0 Å². The predicted octanol–water partition coefficient (Wildman–Crippen LogP) is 0.0304. The van der Waals surface area contributed by atoms with E-state index in [1.807, 2.05) is 4.90 Å². The molecule has 136 valence electrons. The SMILES string of the molecule is Cn1c(C(=O)N2C[C@@H]3CC[C@H](C2)N(CC2CC2)C3)cc(=O)n(C)c1=O. The van der Waals surface area contributed by atoms with Gasteiger partial charge in [-0.1, -0.05) is 0 Å². The summed E-state index contributed by atoms with van der Waals surface area (Å²) >= 11 is 0. The van der Waals surface area contributed by atoms with Crippen LogP contribution >= 0.6 is 0 Å². The van der Waals surface area contributed by atoms with E-state index in [1.54, 1.807) is 7.05 Å². The zero-order valence-electron chi connectivity index (χ0n) is 15.0. The van der Waals surface area contributed by atoms with Crippen LogP contribution in [0.15, 0.2) is 15.7 Å². The fourth-order valence-electron chi connectivity index (χ4n) is 4.30. The summed E-state index contributed by atoms with van der Waals surface area (Å²) in [6.45, 7) is 3.65. The second-order valence-electron chi connectivity index (χ2n) is 7.97. The lowest BCUT2D eigenvalue weighted by Gasteiger charge is -2.36. The molecule has 4 fully saturated rings. The molecule has 0 N–H and O–H groups in total. The number of piperidine rings is 1. The van der Waals surface area contributed by atoms with E-state index < -0.39 is 11.2 Å². The van der Waals surface area contributed by atoms with E-state index in [-0.39, 0.29) is 11.6 Å². The van der Waals surface area contributed by atoms with Gasteiger partial charge in [0.2, 0.25) is 0 Å². The fourth-order valence-corrected chi connectivity index (χ4v) is 4.30. The zero-order valence-corrected chi connectivity index (χ0v) is 15.0. The maximum atomic E-state index is 13.0. The summed E-state index contributed by atoms with van der Waals surface area (Å²) in [5.41, 5.74) is -0.688. The number of rotatable bonds is 3. The third-order valence-electron chi connectivity index (χ3n) is 6.05. The number of aromatic nitrogens is 2. The summed E-state index contributed by atoms with van der Waals surface area (Å²) < 4.78 is 2.32. The normalized spacial score (nSPS) is 26.7. The van der Waals surface area contributed by atoms with Gasteiger partial charge in [0, 0.05) is 52.4 Å². The lowest BCUT2D eigenvalue weighted by molar-refractivity contribution is 0.0725. The highest BCUT2D eigenvalue weighted by Gasteiger charge is 2.39. The summed E-state index contributed by atoms with van der Waals surface area (Å²) in [6.07, 6.45) is 4.97. The van der Waals surface area contributed by atoms with E-state index in [0.29, 0.717) is 18.5 Å². The van der Waals surface area contributed by atoms with E-state index in [9.17, 15) is 14.4 Å². The number of amides is 1. The molecule has 4 aliphatic rings. The molecule has 0 aromatic carbocycles. The second-order valence-corrected chi connectivity index (χ2v) is 7.97. The van der Waals surface area contributed by atoms with Crippen molar-refractivity contribution in [1.82, 2.24) is 18.9 Å². The molecule has 3 aliphatic heterocycles. The molecule has 7 nitrogen and oxygen atoms in total. The minimum atomic E-state index is -0.455. The van der Waals surface area contributed by atoms with Crippen LogP contribution in [0.2, 0.25) is 0 Å². The van der Waals surface area contributed by atoms with Gasteiger partial charge in [0.1, 0.15) is 5.69 Å². The number of carbonyl (C=O) groups excluding carboxylic acids is 1. The molecule has 4 heterocycles. The third kappa shape index (κ3) is 3.05. The topological polar surface area (TPSA) is 67.6 Å². The Bertz CT molecular complexity index is 808. The van der Waals surface area contributed by atoms with Crippen molar-refractivity contribution in [3.05, 3.63) is 32.6 Å². The Labute approximate surface area is 146 Å². The molecule has 1 saturated carbocycles. The van der Waals surface area contributed by atoms with Gasteiger partial charge >= 0.3 is 5.69 Å². The molecule has 0 unspecified atom stereocenters. The van der Waals surface area contributed by atoms with Crippen molar-refractivity contribution >= 4 is 5.91 Å². The quantitative estimate of drug-likeness (QED) is 0.774. The van der Waals surface area contributed by atoms with Crippen LogP contribution < -0.4 is 11.2 Å². The van der Waals surface area contributed by atoms with Crippen molar-refractivity contribution in [2.75, 3.05) is 26.2 Å². The summed E-state index contributed by atoms with van der Waals surface area (Å²) in [4.78, 5) is 41.6. The van der Waals surface area contributed by atoms with Crippen molar-refractivity contribution in [3.8, 4) is 0 Å². The van der Waals surface area contributed by atoms with Crippen LogP contribution in [-0.4, -0.2) is 57.1 Å². The van der Waals surface area contributed by atoms with Crippen LogP contribution in [0.25, 0.3) is 0 Å². The van der Waals surface area contributed by atoms with Crippen molar-refractivity contribution in [3.63, 3.8) is 0 Å². The Hall–Kier alpha value is -1.89. The van der Waals surface area contributed by atoms with E-state index in [0.717, 1.165) is 43.0 Å². The zero-order chi connectivity index (χ0) is 17.7. The Morgan fingerprint density at radius 1 is 1.04 bits per heavy atom. The van der Waals surface area contributed by atoms with E-state index in [1.165, 1.54) is 30.5 Å². The molecule has 1 aromatic heterocycles. The minimum absolute atomic E-state index is 0.192. The van der Waals surface area contributed by atoms with E-state index >= 15 is 0 Å². The molecular formula is C18H26N4O3. The van der Waals surface area contributed by atoms with Crippen LogP contribution in [0.4, 0.5) is 0 Å². The van der Waals surface area contributed by atoms with Gasteiger partial charge in [0.25, 0.3) is 11.5 Å². The van der Waals surface area contributed by atoms with Gasteiger partial charge in [0.15, 0.2) is 0 Å². The van der Waals surface area contributed by atoms with Gasteiger partial charge in [-0.2, -0.15) is 0 Å². The average molecular weight is 346 g/mol. The third-order valence-corrected chi connectivity index (χ3v) is 6.05. The first-order valence-corrected chi connectivity index (χ1v) is 9.24. The maximum Gasteiger partial charge on any atom is 0.331 e. The summed E-state index contributed by atoms with van der Waals surface area (Å²) in [6, 6.07) is 1.70. The molecule has 2 atom stereocenters. The van der Waals surface area contributed by atoms with E-state index in [2.05, 4.69) is 4.90 Å². The first-order valence-electron chi connectivity index (χ1n) is 9.24. The number of carbonyl (C=O) groups is 1. The maximum absolute atomic E-state index is 13.0. The van der Waals surface area contributed by atoms with Crippen LogP contribution in [-0.2, 0) is 14.1 Å². The van der Waals surface area contributed by atoms with Crippen LogP contribution in [0.3, 0.4) is 0 Å². The van der Waals surface area contributed by atoms with Crippen molar-refractivity contribution in [2.45, 2.75) is 31.7 Å². The van der Waals surface area contributed by atoms with Crippen LogP contribution in [0, 0.1) is 11.8 Å². The van der Waals surface area contributed by atoms with E-state index in [4.69, 9.17) is 0 Å². The Morgan fingerprint density at radius 3 is 2.52 bits per heavy atom. The molecule has 25 heavy (non-hydrogen) atoms. The highest BCUT2D eigenvalue weighted by Crippen LogP contribution is 2.35. The summed E-state index contributed by atoms with van der Waals surface area (Å²) in [5, 5.41) is 0. The average Bonchev–Trinajstić information content (AvgIpc) is 3.43. The first-order chi connectivity index (χ1) is 11.9.